The Hall–Kier alpha value is -2.69. The second-order valence-corrected chi connectivity index (χ2v) is 4.74. The predicted molar refractivity (Wildman–Crippen MR) is 80.8 cm³/mol. The van der Waals surface area contributed by atoms with Crippen molar-refractivity contribution in [2.45, 2.75) is 13.5 Å². The van der Waals surface area contributed by atoms with Crippen LogP contribution in [0.25, 0.3) is 0 Å². The molecule has 0 bridgehead atoms. The molecule has 108 valence electrons. The van der Waals surface area contributed by atoms with E-state index >= 15 is 0 Å². The van der Waals surface area contributed by atoms with Crippen LogP contribution in [0.4, 0.5) is 5.69 Å². The fourth-order valence-electron chi connectivity index (χ4n) is 1.96. The maximum atomic E-state index is 12.4. The first kappa shape index (κ1) is 14.7. The number of pyridine rings is 1. The quantitative estimate of drug-likeness (QED) is 0.936. The van der Waals surface area contributed by atoms with Crippen LogP contribution in [0.2, 0.25) is 0 Å². The Bertz CT molecular complexity index is 641. The Kier molecular flexibility index (Phi) is 4.66. The van der Waals surface area contributed by atoms with Crippen molar-refractivity contribution in [2.24, 2.45) is 0 Å². The van der Waals surface area contributed by atoms with E-state index in [1.165, 1.54) is 6.92 Å². The van der Waals surface area contributed by atoms with Crippen molar-refractivity contribution in [3.8, 4) is 0 Å². The number of rotatable bonds is 4. The van der Waals surface area contributed by atoms with Crippen molar-refractivity contribution >= 4 is 17.5 Å². The van der Waals surface area contributed by atoms with Gasteiger partial charge in [0, 0.05) is 31.4 Å². The average molecular weight is 283 g/mol. The highest BCUT2D eigenvalue weighted by molar-refractivity contribution is 5.96. The van der Waals surface area contributed by atoms with Gasteiger partial charge in [0.25, 0.3) is 5.91 Å². The highest BCUT2D eigenvalue weighted by Gasteiger charge is 2.13. The maximum Gasteiger partial charge on any atom is 0.254 e. The molecule has 0 fully saturated rings. The molecule has 0 atom stereocenters. The predicted octanol–water partition coefficient (Wildman–Crippen LogP) is 2.31. The van der Waals surface area contributed by atoms with E-state index in [-0.39, 0.29) is 11.8 Å². The zero-order valence-electron chi connectivity index (χ0n) is 12.0. The first-order chi connectivity index (χ1) is 10.1. The molecule has 0 aliphatic rings. The molecular formula is C16H17N3O2. The lowest BCUT2D eigenvalue weighted by atomic mass is 10.1. The van der Waals surface area contributed by atoms with E-state index in [2.05, 4.69) is 10.3 Å². The molecule has 5 nitrogen and oxygen atoms in total. The largest absolute Gasteiger partial charge is 0.336 e. The van der Waals surface area contributed by atoms with Crippen LogP contribution in [0.3, 0.4) is 0 Å². The van der Waals surface area contributed by atoms with Crippen molar-refractivity contribution in [3.63, 3.8) is 0 Å². The van der Waals surface area contributed by atoms with Gasteiger partial charge in [-0.05, 0) is 30.3 Å². The van der Waals surface area contributed by atoms with Crippen LogP contribution in [0.1, 0.15) is 23.0 Å². The lowest BCUT2D eigenvalue weighted by Crippen LogP contribution is -2.26. The summed E-state index contributed by atoms with van der Waals surface area (Å²) in [6.07, 6.45) is 1.70. The van der Waals surface area contributed by atoms with Crippen LogP contribution in [-0.2, 0) is 11.3 Å². The summed E-state index contributed by atoms with van der Waals surface area (Å²) in [7, 11) is 1.72. The third-order valence-electron chi connectivity index (χ3n) is 2.90. The normalized spacial score (nSPS) is 10.0. The molecule has 2 rings (SSSR count). The van der Waals surface area contributed by atoms with Crippen molar-refractivity contribution < 1.29 is 9.59 Å². The van der Waals surface area contributed by atoms with Crippen molar-refractivity contribution in [3.05, 3.63) is 59.9 Å². The summed E-state index contributed by atoms with van der Waals surface area (Å²) in [5.41, 5.74) is 1.96. The molecule has 0 radical (unpaired) electrons. The summed E-state index contributed by atoms with van der Waals surface area (Å²) in [5, 5.41) is 2.67. The second kappa shape index (κ2) is 6.65. The summed E-state index contributed by atoms with van der Waals surface area (Å²) >= 11 is 0. The molecule has 2 aromatic rings. The summed E-state index contributed by atoms with van der Waals surface area (Å²) in [6.45, 7) is 1.87. The van der Waals surface area contributed by atoms with Gasteiger partial charge in [-0.3, -0.25) is 14.6 Å². The molecule has 21 heavy (non-hydrogen) atoms. The number of anilines is 1. The number of benzene rings is 1. The van der Waals surface area contributed by atoms with Gasteiger partial charge in [-0.15, -0.1) is 0 Å². The number of carbonyl (C=O) groups excluding carboxylic acids is 2. The Labute approximate surface area is 123 Å². The van der Waals surface area contributed by atoms with Gasteiger partial charge in [-0.1, -0.05) is 12.1 Å². The van der Waals surface area contributed by atoms with Crippen LogP contribution in [0.15, 0.2) is 48.7 Å². The minimum atomic E-state index is -0.165. The molecule has 0 aliphatic carbocycles. The van der Waals surface area contributed by atoms with Gasteiger partial charge in [0.05, 0.1) is 12.2 Å². The Morgan fingerprint density at radius 2 is 2.00 bits per heavy atom. The lowest BCUT2D eigenvalue weighted by Gasteiger charge is -2.17. The molecule has 1 aromatic carbocycles. The van der Waals surface area contributed by atoms with Gasteiger partial charge >= 0.3 is 0 Å². The van der Waals surface area contributed by atoms with E-state index in [1.54, 1.807) is 42.4 Å². The topological polar surface area (TPSA) is 62.3 Å². The molecule has 0 aliphatic heterocycles. The molecule has 1 heterocycles. The van der Waals surface area contributed by atoms with E-state index in [0.717, 1.165) is 5.69 Å². The third kappa shape index (κ3) is 4.14. The first-order valence-corrected chi connectivity index (χ1v) is 6.59. The van der Waals surface area contributed by atoms with Crippen molar-refractivity contribution in [2.75, 3.05) is 12.4 Å². The van der Waals surface area contributed by atoms with Crippen LogP contribution in [0.5, 0.6) is 0 Å². The monoisotopic (exact) mass is 283 g/mol. The number of nitrogens with one attached hydrogen (secondary N) is 1. The van der Waals surface area contributed by atoms with Crippen LogP contribution in [0, 0.1) is 0 Å². The molecule has 0 spiro atoms. The second-order valence-electron chi connectivity index (χ2n) is 4.74. The Morgan fingerprint density at radius 3 is 2.67 bits per heavy atom. The van der Waals surface area contributed by atoms with E-state index < -0.39 is 0 Å². The van der Waals surface area contributed by atoms with Crippen LogP contribution >= 0.6 is 0 Å². The molecule has 0 saturated heterocycles. The fraction of sp³-hybridized carbons (Fsp3) is 0.188. The number of hydrogen-bond donors (Lipinski definition) is 1. The minimum absolute atomic E-state index is 0.118. The van der Waals surface area contributed by atoms with E-state index in [1.807, 2.05) is 18.2 Å². The zero-order valence-corrected chi connectivity index (χ0v) is 12.0. The summed E-state index contributed by atoms with van der Waals surface area (Å²) in [5.74, 6) is -0.283. The minimum Gasteiger partial charge on any atom is -0.336 e. The van der Waals surface area contributed by atoms with Crippen molar-refractivity contribution in [1.29, 1.82) is 0 Å². The lowest BCUT2D eigenvalue weighted by molar-refractivity contribution is -0.114. The number of nitrogens with zero attached hydrogens (tertiary/aromatic N) is 2. The van der Waals surface area contributed by atoms with Crippen LogP contribution in [-0.4, -0.2) is 28.7 Å². The van der Waals surface area contributed by atoms with E-state index in [9.17, 15) is 9.59 Å². The molecule has 2 amide bonds. The standard InChI is InChI=1S/C16H17N3O2/c1-12(20)18-14-8-5-6-13(10-14)16(21)19(2)11-15-7-3-4-9-17-15/h3-10H,11H2,1-2H3,(H,18,20). The molecule has 5 heteroatoms. The Balaban J connectivity index is 2.10. The summed E-state index contributed by atoms with van der Waals surface area (Å²) in [6, 6.07) is 12.5. The van der Waals surface area contributed by atoms with Crippen LogP contribution < -0.4 is 5.32 Å². The number of aromatic nitrogens is 1. The van der Waals surface area contributed by atoms with Gasteiger partial charge in [0.15, 0.2) is 0 Å². The third-order valence-corrected chi connectivity index (χ3v) is 2.90. The highest BCUT2D eigenvalue weighted by atomic mass is 16.2. The van der Waals surface area contributed by atoms with Gasteiger partial charge in [0.2, 0.25) is 5.91 Å². The number of carbonyl (C=O) groups is 2. The molecule has 1 aromatic heterocycles. The van der Waals surface area contributed by atoms with Crippen molar-refractivity contribution in [1.82, 2.24) is 9.88 Å². The first-order valence-electron chi connectivity index (χ1n) is 6.59. The molecular weight excluding hydrogens is 266 g/mol. The zero-order chi connectivity index (χ0) is 15.2. The van der Waals surface area contributed by atoms with E-state index in [0.29, 0.717) is 17.8 Å². The summed E-state index contributed by atoms with van der Waals surface area (Å²) < 4.78 is 0. The van der Waals surface area contributed by atoms with Gasteiger partial charge in [-0.2, -0.15) is 0 Å². The molecule has 0 unspecified atom stereocenters. The van der Waals surface area contributed by atoms with Gasteiger partial charge in [-0.25, -0.2) is 0 Å². The average Bonchev–Trinajstić information content (AvgIpc) is 2.47. The number of hydrogen-bond acceptors (Lipinski definition) is 3. The van der Waals surface area contributed by atoms with E-state index in [4.69, 9.17) is 0 Å². The highest BCUT2D eigenvalue weighted by Crippen LogP contribution is 2.13. The molecule has 1 N–H and O–H groups in total. The SMILES string of the molecule is CC(=O)Nc1cccc(C(=O)N(C)Cc2ccccn2)c1. The fourth-order valence-corrected chi connectivity index (χ4v) is 1.96. The summed E-state index contributed by atoms with van der Waals surface area (Å²) in [4.78, 5) is 29.2. The molecule has 0 saturated carbocycles. The van der Waals surface area contributed by atoms with Gasteiger partial charge < -0.3 is 10.2 Å². The smallest absolute Gasteiger partial charge is 0.254 e. The van der Waals surface area contributed by atoms with Gasteiger partial charge in [0.1, 0.15) is 0 Å². The number of amides is 2. The maximum absolute atomic E-state index is 12.4. The Morgan fingerprint density at radius 1 is 1.19 bits per heavy atom.